The summed E-state index contributed by atoms with van der Waals surface area (Å²) >= 11 is 18.7. The molecule has 0 radical (unpaired) electrons. The van der Waals surface area contributed by atoms with Gasteiger partial charge in [-0.1, -0.05) is 113 Å². The quantitative estimate of drug-likeness (QED) is 0.344. The largest absolute Gasteiger partial charge is 0.478 e. The second-order valence-electron chi connectivity index (χ2n) is 12.0. The maximum Gasteiger partial charge on any atom is 0.478 e. The zero-order valence-electron chi connectivity index (χ0n) is 23.2. The molecule has 0 N–H and O–H groups in total. The van der Waals surface area contributed by atoms with Crippen LogP contribution in [0, 0.1) is 0 Å². The first-order valence-corrected chi connectivity index (χ1v) is 17.6. The summed E-state index contributed by atoms with van der Waals surface area (Å²) in [6.07, 6.45) is 0. The molecule has 0 unspecified atom stereocenters. The molecular formula is C26H30B3Cl3O6Si2. The van der Waals surface area contributed by atoms with Gasteiger partial charge in [-0.2, -0.15) is 0 Å². The minimum Gasteiger partial charge on any atom is -0.409 e. The van der Waals surface area contributed by atoms with Crippen molar-refractivity contribution < 1.29 is 26.1 Å². The van der Waals surface area contributed by atoms with E-state index in [2.05, 4.69) is 0 Å². The summed E-state index contributed by atoms with van der Waals surface area (Å²) in [5.74, 6) is 0. The first-order valence-electron chi connectivity index (χ1n) is 13.0. The van der Waals surface area contributed by atoms with Gasteiger partial charge in [0.2, 0.25) is 0 Å². The highest BCUT2D eigenvalue weighted by Gasteiger charge is 2.69. The Labute approximate surface area is 254 Å². The van der Waals surface area contributed by atoms with Crippen LogP contribution in [0.1, 0.15) is 41.5 Å². The molecule has 3 aromatic rings. The lowest BCUT2D eigenvalue weighted by molar-refractivity contribution is 0.104. The van der Waals surface area contributed by atoms with Gasteiger partial charge >= 0.3 is 39.0 Å². The van der Waals surface area contributed by atoms with Crippen LogP contribution in [0.3, 0.4) is 0 Å². The topological polar surface area (TPSA) is 55.4 Å². The lowest BCUT2D eigenvalue weighted by atomic mass is 9.80. The Morgan fingerprint density at radius 2 is 0.625 bits per heavy atom. The molecule has 0 amide bonds. The van der Waals surface area contributed by atoms with E-state index in [0.29, 0.717) is 15.1 Å². The van der Waals surface area contributed by atoms with E-state index < -0.39 is 49.0 Å². The second kappa shape index (κ2) is 11.2. The number of fused-ring (bicyclic) bond motifs is 6. The molecule has 6 nitrogen and oxygen atoms in total. The highest BCUT2D eigenvalue weighted by Crippen LogP contribution is 2.47. The molecule has 3 fully saturated rings. The van der Waals surface area contributed by atoms with Gasteiger partial charge in [0.1, 0.15) is 0 Å². The van der Waals surface area contributed by atoms with Crippen LogP contribution < -0.4 is 16.4 Å². The summed E-state index contributed by atoms with van der Waals surface area (Å²) in [4.78, 5) is 0. The molecule has 2 bridgehead atoms. The maximum absolute atomic E-state index is 6.96. The zero-order valence-corrected chi connectivity index (χ0v) is 27.5. The van der Waals surface area contributed by atoms with Gasteiger partial charge in [-0.25, -0.2) is 0 Å². The van der Waals surface area contributed by atoms with Crippen LogP contribution in [0.2, 0.25) is 25.1 Å². The molecular weight excluding hydrogens is 603 g/mol. The lowest BCUT2D eigenvalue weighted by Crippen LogP contribution is -2.77. The standard InChI is InChI=1S/C26H30B3Cl3O6Si2/c1-25(2,3)39-33-27(19-7-13-22(30)14-8-19)36-40(26(4,5)6,37-28(34-39)20-9-15-23(31)16-10-20)38-29(35-39)21-11-17-24(32)18-12-21/h7-18H,1-6H3. The van der Waals surface area contributed by atoms with E-state index in [1.165, 1.54) is 0 Å². The minimum absolute atomic E-state index is 0.603. The predicted octanol–water partition coefficient (Wildman–Crippen LogP) is 5.74. The van der Waals surface area contributed by atoms with Crippen molar-refractivity contribution in [2.45, 2.75) is 51.6 Å². The highest BCUT2D eigenvalue weighted by molar-refractivity contribution is 6.95. The van der Waals surface area contributed by atoms with Crippen LogP contribution in [0.4, 0.5) is 0 Å². The fourth-order valence-corrected chi connectivity index (χ4v) is 10.3. The average molecular weight is 633 g/mol. The van der Waals surface area contributed by atoms with Crippen molar-refractivity contribution in [1.29, 1.82) is 0 Å². The van der Waals surface area contributed by atoms with E-state index in [1.54, 1.807) is 36.4 Å². The SMILES string of the molecule is CC(C)(C)[Si]12OB(c3ccc(Cl)cc3)O[Si](C(C)(C)C)(OB(c3ccc(Cl)cc3)O1)OB(c1ccc(Cl)cc1)O2. The van der Waals surface area contributed by atoms with Crippen LogP contribution in [-0.4, -0.2) is 39.0 Å². The number of benzene rings is 3. The van der Waals surface area contributed by atoms with E-state index in [-0.39, 0.29) is 0 Å². The van der Waals surface area contributed by atoms with Gasteiger partial charge in [-0.15, -0.1) is 0 Å². The van der Waals surface area contributed by atoms with Gasteiger partial charge in [0.15, 0.2) is 0 Å². The predicted molar refractivity (Wildman–Crippen MR) is 168 cm³/mol. The van der Waals surface area contributed by atoms with Gasteiger partial charge in [-0.05, 0) is 52.8 Å². The second-order valence-corrected chi connectivity index (χ2v) is 19.9. The maximum atomic E-state index is 6.96. The summed E-state index contributed by atoms with van der Waals surface area (Å²) in [6, 6.07) is 22.0. The number of halogens is 3. The van der Waals surface area contributed by atoms with Crippen molar-refractivity contribution in [3.05, 3.63) is 87.9 Å². The summed E-state index contributed by atoms with van der Waals surface area (Å²) in [5, 5.41) is 0.566. The fourth-order valence-electron chi connectivity index (χ4n) is 4.41. The Morgan fingerprint density at radius 1 is 0.425 bits per heavy atom. The molecule has 0 atom stereocenters. The summed E-state index contributed by atoms with van der Waals surface area (Å²) < 4.78 is 41.8. The first-order chi connectivity index (χ1) is 18.7. The Hall–Kier alpha value is -1.08. The summed E-state index contributed by atoms with van der Waals surface area (Å²) in [5.41, 5.74) is 2.25. The molecule has 3 aromatic carbocycles. The summed E-state index contributed by atoms with van der Waals surface area (Å²) in [7, 11) is -10.2. The van der Waals surface area contributed by atoms with Crippen LogP contribution in [0.15, 0.2) is 72.8 Å². The molecule has 0 aromatic heterocycles. The average Bonchev–Trinajstić information content (AvgIpc) is 2.84. The van der Waals surface area contributed by atoms with Gasteiger partial charge in [-0.3, -0.25) is 0 Å². The summed E-state index contributed by atoms with van der Waals surface area (Å²) in [6.45, 7) is 12.1. The third-order valence-electron chi connectivity index (χ3n) is 6.84. The molecule has 40 heavy (non-hydrogen) atoms. The molecule has 3 heterocycles. The number of hydrogen-bond donors (Lipinski definition) is 0. The van der Waals surface area contributed by atoms with Gasteiger partial charge < -0.3 is 26.1 Å². The van der Waals surface area contributed by atoms with E-state index in [1.807, 2.05) is 77.9 Å². The third-order valence-corrected chi connectivity index (χ3v) is 14.4. The third kappa shape index (κ3) is 6.02. The van der Waals surface area contributed by atoms with Crippen molar-refractivity contribution in [3.63, 3.8) is 0 Å². The van der Waals surface area contributed by atoms with Crippen molar-refractivity contribution in [2.24, 2.45) is 0 Å². The lowest BCUT2D eigenvalue weighted by Gasteiger charge is -2.54. The van der Waals surface area contributed by atoms with Gasteiger partial charge in [0, 0.05) is 25.1 Å². The van der Waals surface area contributed by atoms with Gasteiger partial charge in [0.05, 0.1) is 0 Å². The van der Waals surface area contributed by atoms with E-state index in [4.69, 9.17) is 60.9 Å². The Balaban J connectivity index is 1.72. The van der Waals surface area contributed by atoms with Crippen LogP contribution in [0.25, 0.3) is 0 Å². The molecule has 14 heteroatoms. The smallest absolute Gasteiger partial charge is 0.409 e. The van der Waals surface area contributed by atoms with Crippen molar-refractivity contribution in [1.82, 2.24) is 0 Å². The van der Waals surface area contributed by atoms with Crippen LogP contribution in [0.5, 0.6) is 0 Å². The molecule has 0 aliphatic carbocycles. The monoisotopic (exact) mass is 632 g/mol. The molecule has 3 aliphatic rings. The molecule has 0 spiro atoms. The van der Waals surface area contributed by atoms with E-state index in [9.17, 15) is 0 Å². The Bertz CT molecular complexity index is 1160. The highest BCUT2D eigenvalue weighted by atomic mass is 35.5. The molecule has 3 saturated heterocycles. The van der Waals surface area contributed by atoms with Crippen molar-refractivity contribution >= 4 is 90.2 Å². The fraction of sp³-hybridized carbons (Fsp3) is 0.308. The molecule has 3 aliphatic heterocycles. The Morgan fingerprint density at radius 3 is 0.800 bits per heavy atom. The van der Waals surface area contributed by atoms with E-state index >= 15 is 0 Å². The number of rotatable bonds is 3. The van der Waals surface area contributed by atoms with Crippen molar-refractivity contribution in [3.8, 4) is 0 Å². The minimum atomic E-state index is -3.75. The molecule has 0 saturated carbocycles. The number of hydrogen-bond acceptors (Lipinski definition) is 6. The van der Waals surface area contributed by atoms with Crippen LogP contribution >= 0.6 is 34.8 Å². The zero-order chi connectivity index (χ0) is 28.9. The van der Waals surface area contributed by atoms with Crippen molar-refractivity contribution in [2.75, 3.05) is 0 Å². The first kappa shape index (κ1) is 30.4. The molecule has 6 rings (SSSR count). The normalized spacial score (nSPS) is 24.1. The van der Waals surface area contributed by atoms with Gasteiger partial charge in [0.25, 0.3) is 0 Å². The van der Waals surface area contributed by atoms with Crippen LogP contribution in [-0.2, 0) is 26.1 Å². The van der Waals surface area contributed by atoms with E-state index in [0.717, 1.165) is 16.4 Å². The molecule has 208 valence electrons. The Kier molecular flexibility index (Phi) is 8.51.